The lowest BCUT2D eigenvalue weighted by Crippen LogP contribution is -2.42. The smallest absolute Gasteiger partial charge is 0.254 e. The third-order valence-corrected chi connectivity index (χ3v) is 4.27. The summed E-state index contributed by atoms with van der Waals surface area (Å²) in [6.07, 6.45) is 6.01. The number of carbonyl (C=O) groups excluding carboxylic acids is 1. The zero-order valence-corrected chi connectivity index (χ0v) is 13.6. The van der Waals surface area contributed by atoms with Gasteiger partial charge in [0.05, 0.1) is 7.11 Å². The molecule has 1 aliphatic carbocycles. The number of methoxy groups -OCH3 is 1. The van der Waals surface area contributed by atoms with Crippen molar-refractivity contribution in [2.45, 2.75) is 38.1 Å². The van der Waals surface area contributed by atoms with Crippen molar-refractivity contribution in [2.24, 2.45) is 0 Å². The van der Waals surface area contributed by atoms with Gasteiger partial charge in [0, 0.05) is 23.5 Å². The molecule has 1 aromatic rings. The van der Waals surface area contributed by atoms with Gasteiger partial charge in [-0.3, -0.25) is 4.79 Å². The van der Waals surface area contributed by atoms with Crippen molar-refractivity contribution >= 4 is 21.8 Å². The molecule has 1 saturated carbocycles. The molecule has 1 fully saturated rings. The van der Waals surface area contributed by atoms with Crippen LogP contribution in [0.2, 0.25) is 0 Å². The molecule has 0 saturated heterocycles. The summed E-state index contributed by atoms with van der Waals surface area (Å²) >= 11 is 3.47. The van der Waals surface area contributed by atoms with E-state index in [0.717, 1.165) is 36.0 Å². The first kappa shape index (κ1) is 15.4. The van der Waals surface area contributed by atoms with Gasteiger partial charge in [0.1, 0.15) is 5.75 Å². The molecule has 0 unspecified atom stereocenters. The number of benzene rings is 1. The maximum atomic E-state index is 12.8. The van der Waals surface area contributed by atoms with Crippen LogP contribution in [0.5, 0.6) is 5.75 Å². The Bertz CT molecular complexity index is 444. The lowest BCUT2D eigenvalue weighted by Gasteiger charge is -2.34. The summed E-state index contributed by atoms with van der Waals surface area (Å²) < 4.78 is 5.21. The van der Waals surface area contributed by atoms with E-state index in [-0.39, 0.29) is 5.91 Å². The summed E-state index contributed by atoms with van der Waals surface area (Å²) in [4.78, 5) is 14.8. The zero-order chi connectivity index (χ0) is 14.4. The van der Waals surface area contributed by atoms with Gasteiger partial charge < -0.3 is 9.64 Å². The Morgan fingerprint density at radius 1 is 1.35 bits per heavy atom. The molecule has 0 bridgehead atoms. The van der Waals surface area contributed by atoms with E-state index < -0.39 is 0 Å². The molecule has 0 aromatic heterocycles. The van der Waals surface area contributed by atoms with Crippen LogP contribution < -0.4 is 4.74 Å². The summed E-state index contributed by atoms with van der Waals surface area (Å²) in [7, 11) is 1.63. The minimum Gasteiger partial charge on any atom is -0.497 e. The number of rotatable bonds is 5. The van der Waals surface area contributed by atoms with Crippen molar-refractivity contribution in [3.05, 3.63) is 29.8 Å². The second-order valence-corrected chi connectivity index (χ2v) is 6.00. The highest BCUT2D eigenvalue weighted by atomic mass is 79.9. The molecular weight excluding hydrogens is 318 g/mol. The highest BCUT2D eigenvalue weighted by molar-refractivity contribution is 9.09. The lowest BCUT2D eigenvalue weighted by atomic mass is 9.93. The summed E-state index contributed by atoms with van der Waals surface area (Å²) in [6.45, 7) is 0.765. The Labute approximate surface area is 129 Å². The molecule has 0 spiro atoms. The van der Waals surface area contributed by atoms with Crippen LogP contribution in [0.1, 0.15) is 42.5 Å². The summed E-state index contributed by atoms with van der Waals surface area (Å²) in [6, 6.07) is 7.83. The Morgan fingerprint density at radius 3 is 2.75 bits per heavy atom. The average molecular weight is 340 g/mol. The van der Waals surface area contributed by atoms with Crippen LogP contribution >= 0.6 is 15.9 Å². The highest BCUT2D eigenvalue weighted by Crippen LogP contribution is 2.25. The van der Waals surface area contributed by atoms with Crippen LogP contribution in [-0.2, 0) is 0 Å². The molecule has 1 amide bonds. The Kier molecular flexibility index (Phi) is 5.89. The van der Waals surface area contributed by atoms with Crippen LogP contribution in [0, 0.1) is 0 Å². The van der Waals surface area contributed by atoms with Crippen molar-refractivity contribution in [1.82, 2.24) is 4.90 Å². The molecule has 110 valence electrons. The molecule has 3 nitrogen and oxygen atoms in total. The van der Waals surface area contributed by atoms with Crippen molar-refractivity contribution in [3.8, 4) is 5.75 Å². The minimum absolute atomic E-state index is 0.121. The number of hydrogen-bond acceptors (Lipinski definition) is 2. The normalized spacial score (nSPS) is 15.9. The fourth-order valence-electron chi connectivity index (χ4n) is 2.86. The first-order chi connectivity index (χ1) is 9.76. The van der Waals surface area contributed by atoms with Gasteiger partial charge in [-0.05, 0) is 31.0 Å². The molecule has 2 rings (SSSR count). The first-order valence-electron chi connectivity index (χ1n) is 7.27. The Balaban J connectivity index is 2.16. The van der Waals surface area contributed by atoms with E-state index in [4.69, 9.17) is 4.74 Å². The van der Waals surface area contributed by atoms with Crippen LogP contribution in [0.3, 0.4) is 0 Å². The van der Waals surface area contributed by atoms with Crippen LogP contribution in [-0.4, -0.2) is 35.8 Å². The third-order valence-electron chi connectivity index (χ3n) is 3.92. The van der Waals surface area contributed by atoms with E-state index in [1.54, 1.807) is 7.11 Å². The number of ether oxygens (including phenoxy) is 1. The number of halogens is 1. The largest absolute Gasteiger partial charge is 0.497 e. The van der Waals surface area contributed by atoms with E-state index >= 15 is 0 Å². The van der Waals surface area contributed by atoms with Gasteiger partial charge in [0.2, 0.25) is 0 Å². The molecule has 20 heavy (non-hydrogen) atoms. The van der Waals surface area contributed by atoms with Gasteiger partial charge in [0.25, 0.3) is 5.91 Å². The molecule has 1 aliphatic rings. The van der Waals surface area contributed by atoms with Crippen molar-refractivity contribution in [3.63, 3.8) is 0 Å². The van der Waals surface area contributed by atoms with Gasteiger partial charge in [-0.25, -0.2) is 0 Å². The maximum Gasteiger partial charge on any atom is 0.254 e. The van der Waals surface area contributed by atoms with Crippen LogP contribution in [0.4, 0.5) is 0 Å². The van der Waals surface area contributed by atoms with E-state index in [1.807, 2.05) is 29.2 Å². The molecule has 1 aromatic carbocycles. The monoisotopic (exact) mass is 339 g/mol. The first-order valence-corrected chi connectivity index (χ1v) is 8.39. The van der Waals surface area contributed by atoms with E-state index in [2.05, 4.69) is 15.9 Å². The molecule has 4 heteroatoms. The molecule has 0 atom stereocenters. The molecule has 0 radical (unpaired) electrons. The number of hydrogen-bond donors (Lipinski definition) is 0. The van der Waals surface area contributed by atoms with Crippen molar-refractivity contribution in [1.29, 1.82) is 0 Å². The topological polar surface area (TPSA) is 29.5 Å². The predicted octanol–water partition coefficient (Wildman–Crippen LogP) is 3.87. The van der Waals surface area contributed by atoms with E-state index in [0.29, 0.717) is 6.04 Å². The number of alkyl halides is 1. The second kappa shape index (κ2) is 7.67. The number of nitrogens with zero attached hydrogens (tertiary/aromatic N) is 1. The third kappa shape index (κ3) is 3.75. The number of carbonyl (C=O) groups is 1. The van der Waals surface area contributed by atoms with E-state index in [9.17, 15) is 4.79 Å². The fraction of sp³-hybridized carbons (Fsp3) is 0.562. The molecule has 0 N–H and O–H groups in total. The van der Waals surface area contributed by atoms with E-state index in [1.165, 1.54) is 19.3 Å². The fourth-order valence-corrected chi connectivity index (χ4v) is 3.24. The SMILES string of the molecule is COc1cccc(C(=O)N(CCBr)C2CCCCC2)c1. The highest BCUT2D eigenvalue weighted by Gasteiger charge is 2.25. The van der Waals surface area contributed by atoms with Crippen molar-refractivity contribution in [2.75, 3.05) is 19.0 Å². The van der Waals surface area contributed by atoms with Gasteiger partial charge in [-0.15, -0.1) is 0 Å². The minimum atomic E-state index is 0.121. The summed E-state index contributed by atoms with van der Waals surface area (Å²) in [5, 5.41) is 0.819. The zero-order valence-electron chi connectivity index (χ0n) is 12.0. The molecular formula is C16H22BrNO2. The predicted molar refractivity (Wildman–Crippen MR) is 84.7 cm³/mol. The quantitative estimate of drug-likeness (QED) is 0.762. The summed E-state index contributed by atoms with van der Waals surface area (Å²) in [5.41, 5.74) is 0.718. The molecule has 0 heterocycles. The van der Waals surface area contributed by atoms with Gasteiger partial charge in [0.15, 0.2) is 0 Å². The van der Waals surface area contributed by atoms with Crippen LogP contribution in [0.15, 0.2) is 24.3 Å². The van der Waals surface area contributed by atoms with Gasteiger partial charge >= 0.3 is 0 Å². The summed E-state index contributed by atoms with van der Waals surface area (Å²) in [5.74, 6) is 0.855. The van der Waals surface area contributed by atoms with Crippen molar-refractivity contribution < 1.29 is 9.53 Å². The van der Waals surface area contributed by atoms with Crippen LogP contribution in [0.25, 0.3) is 0 Å². The number of amides is 1. The second-order valence-electron chi connectivity index (χ2n) is 5.21. The standard InChI is InChI=1S/C16H22BrNO2/c1-20-15-9-5-6-13(12-15)16(19)18(11-10-17)14-7-3-2-4-8-14/h5-6,9,12,14H,2-4,7-8,10-11H2,1H3. The Morgan fingerprint density at radius 2 is 2.10 bits per heavy atom. The average Bonchev–Trinajstić information content (AvgIpc) is 2.53. The molecule has 0 aliphatic heterocycles. The maximum absolute atomic E-state index is 12.8. The van der Waals surface area contributed by atoms with Gasteiger partial charge in [-0.1, -0.05) is 41.3 Å². The Hall–Kier alpha value is -1.03. The van der Waals surface area contributed by atoms with Gasteiger partial charge in [-0.2, -0.15) is 0 Å². The lowest BCUT2D eigenvalue weighted by molar-refractivity contribution is 0.0651.